The van der Waals surface area contributed by atoms with Crippen LogP contribution in [0.15, 0.2) is 0 Å². The van der Waals surface area contributed by atoms with E-state index in [2.05, 4.69) is 19.2 Å². The molecule has 0 saturated carbocycles. The summed E-state index contributed by atoms with van der Waals surface area (Å²) in [6, 6.07) is 0. The fraction of sp³-hybridized carbons (Fsp3) is 0.972. The average molecular weight is 568 g/mol. The molecule has 0 radical (unpaired) electrons. The van der Waals surface area contributed by atoms with Gasteiger partial charge in [0.15, 0.2) is 0 Å². The lowest BCUT2D eigenvalue weighted by molar-refractivity contribution is -0.121. The van der Waals surface area contributed by atoms with E-state index < -0.39 is 12.2 Å². The van der Waals surface area contributed by atoms with E-state index in [0.29, 0.717) is 12.8 Å². The number of unbranched alkanes of at least 4 members (excludes halogenated alkanes) is 24. The molecule has 0 aliphatic carbocycles. The Morgan fingerprint density at radius 1 is 0.450 bits per heavy atom. The van der Waals surface area contributed by atoms with E-state index in [4.69, 9.17) is 0 Å². The molecule has 40 heavy (non-hydrogen) atoms. The van der Waals surface area contributed by atoms with Crippen LogP contribution in [0.25, 0.3) is 0 Å². The van der Waals surface area contributed by atoms with Gasteiger partial charge in [-0.2, -0.15) is 0 Å². The van der Waals surface area contributed by atoms with Gasteiger partial charge in [-0.05, 0) is 25.7 Å². The van der Waals surface area contributed by atoms with Crippen molar-refractivity contribution in [2.75, 3.05) is 6.54 Å². The number of aliphatic hydroxyl groups excluding tert-OH is 2. The van der Waals surface area contributed by atoms with Crippen LogP contribution in [0.4, 0.5) is 0 Å². The summed E-state index contributed by atoms with van der Waals surface area (Å²) in [6.45, 7) is 5.31. The predicted octanol–water partition coefficient (Wildman–Crippen LogP) is 10.6. The van der Waals surface area contributed by atoms with Crippen LogP contribution in [-0.4, -0.2) is 34.9 Å². The van der Waals surface area contributed by atoms with Crippen LogP contribution in [0, 0.1) is 0 Å². The molecule has 3 N–H and O–H groups in total. The fourth-order valence-electron chi connectivity index (χ4n) is 5.68. The Hall–Kier alpha value is -0.610. The number of carbonyl (C=O) groups excluding carboxylic acids is 1. The Bertz CT molecular complexity index is 498. The summed E-state index contributed by atoms with van der Waals surface area (Å²) in [5, 5.41) is 23.4. The maximum absolute atomic E-state index is 12.0. The molecule has 1 amide bonds. The van der Waals surface area contributed by atoms with Gasteiger partial charge in [-0.1, -0.05) is 174 Å². The second-order valence-corrected chi connectivity index (χ2v) is 12.7. The van der Waals surface area contributed by atoms with Crippen molar-refractivity contribution in [2.45, 2.75) is 219 Å². The molecule has 0 spiro atoms. The van der Waals surface area contributed by atoms with Crippen LogP contribution in [0.1, 0.15) is 206 Å². The first-order valence-electron chi connectivity index (χ1n) is 18.2. The Morgan fingerprint density at radius 2 is 0.750 bits per heavy atom. The minimum atomic E-state index is -0.560. The first-order valence-corrected chi connectivity index (χ1v) is 18.2. The van der Waals surface area contributed by atoms with Crippen LogP contribution in [0.2, 0.25) is 0 Å². The number of aliphatic hydroxyl groups is 2. The van der Waals surface area contributed by atoms with Crippen molar-refractivity contribution in [1.82, 2.24) is 5.32 Å². The van der Waals surface area contributed by atoms with Gasteiger partial charge >= 0.3 is 0 Å². The number of amides is 1. The summed E-state index contributed by atoms with van der Waals surface area (Å²) in [5.41, 5.74) is 0. The molecular weight excluding hydrogens is 494 g/mol. The van der Waals surface area contributed by atoms with Crippen LogP contribution in [0.3, 0.4) is 0 Å². The van der Waals surface area contributed by atoms with Crippen molar-refractivity contribution in [3.8, 4) is 0 Å². The molecule has 0 rings (SSSR count). The molecule has 0 bridgehead atoms. The van der Waals surface area contributed by atoms with Crippen molar-refractivity contribution in [3.63, 3.8) is 0 Å². The van der Waals surface area contributed by atoms with Crippen LogP contribution in [-0.2, 0) is 4.79 Å². The predicted molar refractivity (Wildman–Crippen MR) is 175 cm³/mol. The number of carbonyl (C=O) groups is 1. The van der Waals surface area contributed by atoms with Gasteiger partial charge in [0.05, 0.1) is 12.2 Å². The molecule has 240 valence electrons. The molecule has 0 heterocycles. The van der Waals surface area contributed by atoms with Crippen LogP contribution in [0.5, 0.6) is 0 Å². The quantitative estimate of drug-likeness (QED) is 0.0691. The van der Waals surface area contributed by atoms with E-state index in [-0.39, 0.29) is 5.91 Å². The summed E-state index contributed by atoms with van der Waals surface area (Å²) in [4.78, 5) is 12.0. The molecule has 2 unspecified atom stereocenters. The first-order chi connectivity index (χ1) is 19.6. The lowest BCUT2D eigenvalue weighted by Crippen LogP contribution is -2.25. The highest BCUT2D eigenvalue weighted by Gasteiger charge is 2.15. The molecule has 0 fully saturated rings. The van der Waals surface area contributed by atoms with E-state index in [0.717, 1.165) is 51.5 Å². The van der Waals surface area contributed by atoms with Crippen molar-refractivity contribution in [3.05, 3.63) is 0 Å². The molecule has 0 aromatic rings. The van der Waals surface area contributed by atoms with Gasteiger partial charge in [-0.15, -0.1) is 0 Å². The van der Waals surface area contributed by atoms with Gasteiger partial charge in [-0.3, -0.25) is 4.79 Å². The molecule has 4 heteroatoms. The van der Waals surface area contributed by atoms with Crippen molar-refractivity contribution >= 4 is 5.91 Å². The molecule has 2 atom stereocenters. The van der Waals surface area contributed by atoms with E-state index in [1.165, 1.54) is 135 Å². The normalized spacial score (nSPS) is 13.0. The monoisotopic (exact) mass is 568 g/mol. The summed E-state index contributed by atoms with van der Waals surface area (Å²) >= 11 is 0. The van der Waals surface area contributed by atoms with Gasteiger partial charge in [0.2, 0.25) is 5.91 Å². The Labute approximate surface area is 251 Å². The van der Waals surface area contributed by atoms with Gasteiger partial charge in [0.25, 0.3) is 0 Å². The smallest absolute Gasteiger partial charge is 0.219 e. The van der Waals surface area contributed by atoms with Crippen LogP contribution < -0.4 is 5.32 Å². The highest BCUT2D eigenvalue weighted by molar-refractivity contribution is 5.75. The van der Waals surface area contributed by atoms with Gasteiger partial charge in [-0.25, -0.2) is 0 Å². The summed E-state index contributed by atoms with van der Waals surface area (Å²) < 4.78 is 0. The van der Waals surface area contributed by atoms with E-state index in [1.807, 2.05) is 0 Å². The van der Waals surface area contributed by atoms with E-state index in [1.54, 1.807) is 0 Å². The number of nitrogens with one attached hydrogen (secondary N) is 1. The summed E-state index contributed by atoms with van der Waals surface area (Å²) in [7, 11) is 0. The lowest BCUT2D eigenvalue weighted by atomic mass is 9.99. The molecule has 0 aliphatic rings. The maximum Gasteiger partial charge on any atom is 0.219 e. The van der Waals surface area contributed by atoms with E-state index >= 15 is 0 Å². The molecule has 4 nitrogen and oxygen atoms in total. The number of hydrogen-bond donors (Lipinski definition) is 3. The minimum Gasteiger partial charge on any atom is -0.390 e. The first kappa shape index (κ1) is 39.4. The third-order valence-corrected chi connectivity index (χ3v) is 8.55. The Morgan fingerprint density at radius 3 is 1.12 bits per heavy atom. The molecule has 0 aromatic heterocycles. The topological polar surface area (TPSA) is 69.6 Å². The second-order valence-electron chi connectivity index (χ2n) is 12.7. The summed E-state index contributed by atoms with van der Waals surface area (Å²) in [6.07, 6.45) is 35.3. The fourth-order valence-corrected chi connectivity index (χ4v) is 5.68. The number of hydrogen-bond acceptors (Lipinski definition) is 3. The largest absolute Gasteiger partial charge is 0.390 e. The number of rotatable bonds is 33. The third-order valence-electron chi connectivity index (χ3n) is 8.55. The van der Waals surface area contributed by atoms with Crippen molar-refractivity contribution in [2.24, 2.45) is 0 Å². The minimum absolute atomic E-state index is 0.225. The zero-order valence-corrected chi connectivity index (χ0v) is 27.4. The van der Waals surface area contributed by atoms with Crippen LogP contribution >= 0.6 is 0 Å². The van der Waals surface area contributed by atoms with Gasteiger partial charge in [0.1, 0.15) is 0 Å². The zero-order valence-electron chi connectivity index (χ0n) is 27.4. The highest BCUT2D eigenvalue weighted by atomic mass is 16.3. The van der Waals surface area contributed by atoms with Crippen molar-refractivity contribution < 1.29 is 15.0 Å². The SMILES string of the molecule is CCCCCCCCCCCCCCCCCC(=O)NCCCCCCCCC(O)C(O)CCCCCCCC. The summed E-state index contributed by atoms with van der Waals surface area (Å²) in [5.74, 6) is 0.225. The van der Waals surface area contributed by atoms with E-state index in [9.17, 15) is 15.0 Å². The molecule has 0 aliphatic heterocycles. The third kappa shape index (κ3) is 30.4. The lowest BCUT2D eigenvalue weighted by Gasteiger charge is -2.17. The molecular formula is C36H73NO3. The standard InChI is InChI=1S/C36H73NO3/c1-3-5-7-9-11-12-13-14-15-16-17-18-19-24-28-32-36(40)37-33-29-25-21-20-23-27-31-35(39)34(38)30-26-22-10-8-6-4-2/h34-35,38-39H,3-33H2,1-2H3,(H,37,40). The second kappa shape index (κ2) is 32.9. The average Bonchev–Trinajstić information content (AvgIpc) is 2.95. The highest BCUT2D eigenvalue weighted by Crippen LogP contribution is 2.16. The van der Waals surface area contributed by atoms with Gasteiger partial charge in [0, 0.05) is 13.0 Å². The van der Waals surface area contributed by atoms with Gasteiger partial charge < -0.3 is 15.5 Å². The Kier molecular flexibility index (Phi) is 32.4. The van der Waals surface area contributed by atoms with Crippen molar-refractivity contribution in [1.29, 1.82) is 0 Å². The maximum atomic E-state index is 12.0. The molecule has 0 saturated heterocycles. The molecule has 0 aromatic carbocycles. The zero-order chi connectivity index (χ0) is 29.4. The Balaban J connectivity index is 3.30.